The highest BCUT2D eigenvalue weighted by atomic mass is 16.5. The van der Waals surface area contributed by atoms with Crippen LogP contribution < -0.4 is 5.43 Å². The monoisotopic (exact) mass is 261 g/mol. The Kier molecular flexibility index (Phi) is 2.66. The SMILES string of the molecule is COC(=O)c1c[nH]c2c(cnn2C(C)C2CC2)c1=O. The van der Waals surface area contributed by atoms with E-state index in [1.54, 1.807) is 0 Å². The molecular weight excluding hydrogens is 246 g/mol. The van der Waals surface area contributed by atoms with Gasteiger partial charge in [0.1, 0.15) is 11.2 Å². The topological polar surface area (TPSA) is 77.0 Å². The van der Waals surface area contributed by atoms with Gasteiger partial charge in [-0.25, -0.2) is 9.48 Å². The van der Waals surface area contributed by atoms with Crippen LogP contribution in [0, 0.1) is 5.92 Å². The van der Waals surface area contributed by atoms with E-state index in [2.05, 4.69) is 21.7 Å². The van der Waals surface area contributed by atoms with Gasteiger partial charge >= 0.3 is 5.97 Å². The van der Waals surface area contributed by atoms with E-state index in [0.717, 1.165) is 0 Å². The van der Waals surface area contributed by atoms with Gasteiger partial charge in [0.2, 0.25) is 5.43 Å². The largest absolute Gasteiger partial charge is 0.465 e. The van der Waals surface area contributed by atoms with Crippen molar-refractivity contribution >= 4 is 17.0 Å². The molecule has 6 heteroatoms. The average Bonchev–Trinajstić information content (AvgIpc) is 3.17. The summed E-state index contributed by atoms with van der Waals surface area (Å²) in [6.07, 6.45) is 5.31. The lowest BCUT2D eigenvalue weighted by atomic mass is 10.2. The van der Waals surface area contributed by atoms with Crippen molar-refractivity contribution in [3.8, 4) is 0 Å². The van der Waals surface area contributed by atoms with E-state index in [1.807, 2.05) is 4.68 Å². The number of ether oxygens (including phenoxy) is 1. The van der Waals surface area contributed by atoms with Crippen LogP contribution in [0.25, 0.3) is 11.0 Å². The minimum absolute atomic E-state index is 0.00799. The molecule has 6 nitrogen and oxygen atoms in total. The van der Waals surface area contributed by atoms with Crippen molar-refractivity contribution in [2.45, 2.75) is 25.8 Å². The van der Waals surface area contributed by atoms with Crippen LogP contribution in [0.15, 0.2) is 17.2 Å². The van der Waals surface area contributed by atoms with E-state index in [1.165, 1.54) is 32.3 Å². The Balaban J connectivity index is 2.13. The molecule has 0 aliphatic heterocycles. The molecule has 2 aromatic rings. The van der Waals surface area contributed by atoms with Gasteiger partial charge in [-0.3, -0.25) is 4.79 Å². The van der Waals surface area contributed by atoms with Crippen LogP contribution in [0.5, 0.6) is 0 Å². The van der Waals surface area contributed by atoms with Crippen LogP contribution in [-0.4, -0.2) is 27.8 Å². The molecule has 3 rings (SSSR count). The standard InChI is InChI=1S/C13H15N3O3/c1-7(8-3-4-8)16-12-9(6-15-16)11(17)10(5-14-12)13(18)19-2/h5-8H,3-4H2,1-2H3,(H,14,17). The number of rotatable bonds is 3. The zero-order valence-electron chi connectivity index (χ0n) is 10.8. The Morgan fingerprint density at radius 2 is 2.32 bits per heavy atom. The van der Waals surface area contributed by atoms with Crippen LogP contribution in [0.3, 0.4) is 0 Å². The van der Waals surface area contributed by atoms with Crippen molar-refractivity contribution in [3.05, 3.63) is 28.2 Å². The number of nitrogens with one attached hydrogen (secondary N) is 1. The molecule has 2 aromatic heterocycles. The summed E-state index contributed by atoms with van der Waals surface area (Å²) in [7, 11) is 1.25. The number of hydrogen-bond donors (Lipinski definition) is 1. The quantitative estimate of drug-likeness (QED) is 0.849. The van der Waals surface area contributed by atoms with Crippen LogP contribution in [0.1, 0.15) is 36.2 Å². The summed E-state index contributed by atoms with van der Waals surface area (Å²) in [6, 6.07) is 0.261. The maximum Gasteiger partial charge on any atom is 0.343 e. The highest BCUT2D eigenvalue weighted by Crippen LogP contribution is 2.39. The summed E-state index contributed by atoms with van der Waals surface area (Å²) in [5.74, 6) is -0.00183. The molecule has 1 aliphatic carbocycles. The number of esters is 1. The fraction of sp³-hybridized carbons (Fsp3) is 0.462. The number of nitrogens with zero attached hydrogens (tertiary/aromatic N) is 2. The van der Waals surface area contributed by atoms with Crippen molar-refractivity contribution in [2.75, 3.05) is 7.11 Å². The molecule has 0 saturated heterocycles. The Hall–Kier alpha value is -2.11. The highest BCUT2D eigenvalue weighted by molar-refractivity contribution is 5.92. The lowest BCUT2D eigenvalue weighted by Crippen LogP contribution is -2.17. The average molecular weight is 261 g/mol. The maximum absolute atomic E-state index is 12.2. The van der Waals surface area contributed by atoms with E-state index in [-0.39, 0.29) is 17.0 Å². The zero-order chi connectivity index (χ0) is 13.6. The van der Waals surface area contributed by atoms with Crippen LogP contribution in [-0.2, 0) is 4.74 Å². The van der Waals surface area contributed by atoms with E-state index in [0.29, 0.717) is 17.0 Å². The fourth-order valence-corrected chi connectivity index (χ4v) is 2.37. The highest BCUT2D eigenvalue weighted by Gasteiger charge is 2.31. The number of methoxy groups -OCH3 is 1. The number of carbonyl (C=O) groups excluding carboxylic acids is 1. The van der Waals surface area contributed by atoms with Crippen molar-refractivity contribution in [2.24, 2.45) is 5.92 Å². The third kappa shape index (κ3) is 1.83. The van der Waals surface area contributed by atoms with Crippen molar-refractivity contribution in [3.63, 3.8) is 0 Å². The van der Waals surface area contributed by atoms with Gasteiger partial charge in [0, 0.05) is 6.20 Å². The molecule has 1 atom stereocenters. The molecule has 0 aromatic carbocycles. The molecule has 1 fully saturated rings. The predicted octanol–water partition coefficient (Wildman–Crippen LogP) is 1.48. The summed E-state index contributed by atoms with van der Waals surface area (Å²) in [5.41, 5.74) is 0.334. The van der Waals surface area contributed by atoms with Gasteiger partial charge in [0.15, 0.2) is 0 Å². The summed E-state index contributed by atoms with van der Waals surface area (Å²) < 4.78 is 6.41. The second-order valence-electron chi connectivity index (χ2n) is 4.95. The van der Waals surface area contributed by atoms with Crippen molar-refractivity contribution < 1.29 is 9.53 Å². The number of carbonyl (C=O) groups is 1. The van der Waals surface area contributed by atoms with Crippen LogP contribution in [0.4, 0.5) is 0 Å². The first-order valence-corrected chi connectivity index (χ1v) is 6.30. The van der Waals surface area contributed by atoms with Gasteiger partial charge in [0.25, 0.3) is 0 Å². The first-order valence-electron chi connectivity index (χ1n) is 6.30. The number of hydrogen-bond acceptors (Lipinski definition) is 4. The summed E-state index contributed by atoms with van der Waals surface area (Å²) in [4.78, 5) is 26.6. The van der Waals surface area contributed by atoms with Gasteiger partial charge < -0.3 is 9.72 Å². The summed E-state index contributed by atoms with van der Waals surface area (Å²) in [5, 5.41) is 4.70. The van der Waals surface area contributed by atoms with E-state index in [9.17, 15) is 9.59 Å². The Morgan fingerprint density at radius 1 is 1.58 bits per heavy atom. The Labute approximate surface area is 109 Å². The normalized spacial score (nSPS) is 16.5. The second-order valence-corrected chi connectivity index (χ2v) is 4.95. The third-order valence-corrected chi connectivity index (χ3v) is 3.73. The molecule has 0 spiro atoms. The molecule has 0 amide bonds. The second kappa shape index (κ2) is 4.22. The van der Waals surface area contributed by atoms with Gasteiger partial charge in [-0.15, -0.1) is 0 Å². The lowest BCUT2D eigenvalue weighted by Gasteiger charge is -2.11. The number of fused-ring (bicyclic) bond motifs is 1. The fourth-order valence-electron chi connectivity index (χ4n) is 2.37. The zero-order valence-corrected chi connectivity index (χ0v) is 10.8. The molecule has 2 heterocycles. The summed E-state index contributed by atoms with van der Waals surface area (Å²) >= 11 is 0. The molecule has 19 heavy (non-hydrogen) atoms. The number of aromatic amines is 1. The van der Waals surface area contributed by atoms with Crippen LogP contribution >= 0.6 is 0 Å². The smallest absolute Gasteiger partial charge is 0.343 e. The van der Waals surface area contributed by atoms with Gasteiger partial charge in [-0.1, -0.05) is 0 Å². The minimum atomic E-state index is -0.633. The number of pyridine rings is 1. The van der Waals surface area contributed by atoms with E-state index < -0.39 is 5.97 Å². The molecule has 1 unspecified atom stereocenters. The van der Waals surface area contributed by atoms with Gasteiger partial charge in [0.05, 0.1) is 24.7 Å². The molecule has 0 bridgehead atoms. The number of aromatic nitrogens is 3. The predicted molar refractivity (Wildman–Crippen MR) is 69.1 cm³/mol. The van der Waals surface area contributed by atoms with E-state index >= 15 is 0 Å². The lowest BCUT2D eigenvalue weighted by molar-refractivity contribution is 0.0599. The van der Waals surface area contributed by atoms with Gasteiger partial charge in [-0.05, 0) is 25.7 Å². The molecular formula is C13H15N3O3. The molecule has 0 radical (unpaired) electrons. The summed E-state index contributed by atoms with van der Waals surface area (Å²) in [6.45, 7) is 2.09. The molecule has 1 saturated carbocycles. The molecule has 100 valence electrons. The van der Waals surface area contributed by atoms with E-state index in [4.69, 9.17) is 0 Å². The third-order valence-electron chi connectivity index (χ3n) is 3.73. The van der Waals surface area contributed by atoms with Crippen molar-refractivity contribution in [1.29, 1.82) is 0 Å². The first kappa shape index (κ1) is 12.0. The number of H-pyrrole nitrogens is 1. The maximum atomic E-state index is 12.2. The Morgan fingerprint density at radius 3 is 2.95 bits per heavy atom. The van der Waals surface area contributed by atoms with Crippen LogP contribution in [0.2, 0.25) is 0 Å². The minimum Gasteiger partial charge on any atom is -0.465 e. The van der Waals surface area contributed by atoms with Crippen molar-refractivity contribution in [1.82, 2.24) is 14.8 Å². The van der Waals surface area contributed by atoms with Gasteiger partial charge in [-0.2, -0.15) is 5.10 Å². The molecule has 1 aliphatic rings. The molecule has 1 N–H and O–H groups in total. The first-order chi connectivity index (χ1) is 9.13. The Bertz CT molecular complexity index is 697.